The first-order valence-corrected chi connectivity index (χ1v) is 8.24. The number of carbonyl (C=O) groups is 2. The quantitative estimate of drug-likeness (QED) is 0.839. The molecule has 1 aromatic carbocycles. The van der Waals surface area contributed by atoms with Crippen molar-refractivity contribution < 1.29 is 19.4 Å². The molecule has 1 saturated heterocycles. The summed E-state index contributed by atoms with van der Waals surface area (Å²) in [5.41, 5.74) is 1.11. The average molecular weight is 319 g/mol. The van der Waals surface area contributed by atoms with Crippen molar-refractivity contribution in [3.05, 3.63) is 29.8 Å². The number of hydrogen-bond acceptors (Lipinski definition) is 3. The second-order valence-corrected chi connectivity index (χ2v) is 6.02. The zero-order valence-corrected chi connectivity index (χ0v) is 13.7. The highest BCUT2D eigenvalue weighted by Crippen LogP contribution is 2.22. The molecule has 0 saturated carbocycles. The van der Waals surface area contributed by atoms with E-state index in [0.717, 1.165) is 37.1 Å². The number of hydrogen-bond donors (Lipinski definition) is 1. The van der Waals surface area contributed by atoms with E-state index in [4.69, 9.17) is 9.84 Å². The lowest BCUT2D eigenvalue weighted by Crippen LogP contribution is -2.44. The smallest absolute Gasteiger partial charge is 0.303 e. The topological polar surface area (TPSA) is 66.8 Å². The van der Waals surface area contributed by atoms with Gasteiger partial charge >= 0.3 is 5.97 Å². The van der Waals surface area contributed by atoms with E-state index in [1.165, 1.54) is 0 Å². The van der Waals surface area contributed by atoms with E-state index in [1.807, 2.05) is 29.2 Å². The fourth-order valence-electron chi connectivity index (χ4n) is 3.11. The summed E-state index contributed by atoms with van der Waals surface area (Å²) in [4.78, 5) is 25.2. The van der Waals surface area contributed by atoms with Crippen LogP contribution >= 0.6 is 0 Å². The third kappa shape index (κ3) is 5.27. The third-order valence-electron chi connectivity index (χ3n) is 4.43. The van der Waals surface area contributed by atoms with E-state index in [9.17, 15) is 9.59 Å². The van der Waals surface area contributed by atoms with Crippen molar-refractivity contribution >= 4 is 11.9 Å². The van der Waals surface area contributed by atoms with Crippen LogP contribution in [-0.4, -0.2) is 41.6 Å². The SMILES string of the molecule is COc1ccc(CCC(=O)N2CCCC[C@@H]2CCC(=O)O)cc1. The molecule has 1 amide bonds. The molecule has 1 aliphatic rings. The Balaban J connectivity index is 1.87. The Morgan fingerprint density at radius 1 is 1.22 bits per heavy atom. The van der Waals surface area contributed by atoms with Gasteiger partial charge in [-0.1, -0.05) is 12.1 Å². The summed E-state index contributed by atoms with van der Waals surface area (Å²) in [6.45, 7) is 0.756. The molecule has 0 unspecified atom stereocenters. The van der Waals surface area contributed by atoms with E-state index < -0.39 is 5.97 Å². The normalized spacial score (nSPS) is 17.8. The Hall–Kier alpha value is -2.04. The molecule has 1 N–H and O–H groups in total. The van der Waals surface area contributed by atoms with Crippen LogP contribution in [0.4, 0.5) is 0 Å². The van der Waals surface area contributed by atoms with Crippen LogP contribution < -0.4 is 4.74 Å². The van der Waals surface area contributed by atoms with Gasteiger partial charge in [-0.2, -0.15) is 0 Å². The summed E-state index contributed by atoms with van der Waals surface area (Å²) in [6, 6.07) is 7.84. The molecule has 5 heteroatoms. The number of aliphatic carboxylic acids is 1. The zero-order chi connectivity index (χ0) is 16.7. The van der Waals surface area contributed by atoms with Gasteiger partial charge in [0.15, 0.2) is 0 Å². The van der Waals surface area contributed by atoms with Crippen LogP contribution in [0, 0.1) is 0 Å². The molecule has 0 bridgehead atoms. The third-order valence-corrected chi connectivity index (χ3v) is 4.43. The van der Waals surface area contributed by atoms with Crippen molar-refractivity contribution in [1.82, 2.24) is 4.90 Å². The highest BCUT2D eigenvalue weighted by atomic mass is 16.5. The minimum absolute atomic E-state index is 0.0863. The Morgan fingerprint density at radius 2 is 1.96 bits per heavy atom. The minimum Gasteiger partial charge on any atom is -0.497 e. The second-order valence-electron chi connectivity index (χ2n) is 6.02. The molecule has 0 aliphatic carbocycles. The molecule has 23 heavy (non-hydrogen) atoms. The number of carboxylic acids is 1. The number of carbonyl (C=O) groups excluding carboxylic acids is 1. The maximum atomic E-state index is 12.5. The number of piperidine rings is 1. The van der Waals surface area contributed by atoms with E-state index in [0.29, 0.717) is 19.3 Å². The van der Waals surface area contributed by atoms with Crippen molar-refractivity contribution in [1.29, 1.82) is 0 Å². The Labute approximate surface area is 137 Å². The Morgan fingerprint density at radius 3 is 2.61 bits per heavy atom. The number of carboxylic acid groups (broad SMARTS) is 1. The number of methoxy groups -OCH3 is 1. The summed E-state index contributed by atoms with van der Waals surface area (Å²) in [7, 11) is 1.63. The van der Waals surface area contributed by atoms with Crippen LogP contribution in [0.25, 0.3) is 0 Å². The van der Waals surface area contributed by atoms with Crippen molar-refractivity contribution in [2.45, 2.75) is 51.0 Å². The first-order valence-electron chi connectivity index (χ1n) is 8.24. The van der Waals surface area contributed by atoms with Crippen LogP contribution in [0.1, 0.15) is 44.1 Å². The first-order chi connectivity index (χ1) is 11.1. The van der Waals surface area contributed by atoms with Crippen LogP contribution in [0.5, 0.6) is 5.75 Å². The lowest BCUT2D eigenvalue weighted by molar-refractivity contribution is -0.140. The average Bonchev–Trinajstić information content (AvgIpc) is 2.58. The maximum absolute atomic E-state index is 12.5. The molecule has 1 fully saturated rings. The van der Waals surface area contributed by atoms with Gasteiger partial charge in [-0.15, -0.1) is 0 Å². The number of amides is 1. The van der Waals surface area contributed by atoms with Crippen molar-refractivity contribution in [3.8, 4) is 5.75 Å². The summed E-state index contributed by atoms with van der Waals surface area (Å²) in [5.74, 6) is 0.155. The molecule has 0 radical (unpaired) electrons. The van der Waals surface area contributed by atoms with Gasteiger partial charge in [-0.3, -0.25) is 9.59 Å². The molecule has 2 rings (SSSR count). The molecule has 1 aromatic rings. The van der Waals surface area contributed by atoms with Gasteiger partial charge in [0.1, 0.15) is 5.75 Å². The van der Waals surface area contributed by atoms with Crippen LogP contribution in [0.15, 0.2) is 24.3 Å². The fraction of sp³-hybridized carbons (Fsp3) is 0.556. The largest absolute Gasteiger partial charge is 0.497 e. The summed E-state index contributed by atoms with van der Waals surface area (Å²) >= 11 is 0. The molecule has 1 aliphatic heterocycles. The number of nitrogens with zero attached hydrogens (tertiary/aromatic N) is 1. The number of likely N-dealkylation sites (tertiary alicyclic amines) is 1. The van der Waals surface area contributed by atoms with Crippen LogP contribution in [-0.2, 0) is 16.0 Å². The first kappa shape index (κ1) is 17.3. The molecule has 1 heterocycles. The standard InChI is InChI=1S/C18H25NO4/c1-23-16-9-5-14(6-10-16)7-11-17(20)19-13-3-2-4-15(19)8-12-18(21)22/h5-6,9-10,15H,2-4,7-8,11-13H2,1H3,(H,21,22)/t15-/m1/s1. The summed E-state index contributed by atoms with van der Waals surface area (Å²) in [5, 5.41) is 8.85. The van der Waals surface area contributed by atoms with E-state index in [1.54, 1.807) is 7.11 Å². The van der Waals surface area contributed by atoms with Crippen LogP contribution in [0.3, 0.4) is 0 Å². The highest BCUT2D eigenvalue weighted by molar-refractivity contribution is 5.77. The number of rotatable bonds is 7. The van der Waals surface area contributed by atoms with E-state index >= 15 is 0 Å². The maximum Gasteiger partial charge on any atom is 0.303 e. The molecular formula is C18H25NO4. The van der Waals surface area contributed by atoms with Gasteiger partial charge in [0, 0.05) is 25.4 Å². The van der Waals surface area contributed by atoms with Gasteiger partial charge in [-0.05, 0) is 49.8 Å². The zero-order valence-electron chi connectivity index (χ0n) is 13.7. The van der Waals surface area contributed by atoms with Gasteiger partial charge in [0.2, 0.25) is 5.91 Å². The van der Waals surface area contributed by atoms with Crippen LogP contribution in [0.2, 0.25) is 0 Å². The van der Waals surface area contributed by atoms with Gasteiger partial charge in [0.05, 0.1) is 7.11 Å². The monoisotopic (exact) mass is 319 g/mol. The minimum atomic E-state index is -0.791. The number of aryl methyl sites for hydroxylation is 1. The predicted molar refractivity (Wildman–Crippen MR) is 87.5 cm³/mol. The predicted octanol–water partition coefficient (Wildman–Crippen LogP) is 2.87. The summed E-state index contributed by atoms with van der Waals surface area (Å²) in [6.07, 6.45) is 4.86. The molecule has 5 nitrogen and oxygen atoms in total. The van der Waals surface area contributed by atoms with E-state index in [-0.39, 0.29) is 18.4 Å². The van der Waals surface area contributed by atoms with Crippen molar-refractivity contribution in [3.63, 3.8) is 0 Å². The molecule has 0 aromatic heterocycles. The highest BCUT2D eigenvalue weighted by Gasteiger charge is 2.26. The lowest BCUT2D eigenvalue weighted by atomic mass is 9.97. The van der Waals surface area contributed by atoms with Crippen molar-refractivity contribution in [2.24, 2.45) is 0 Å². The van der Waals surface area contributed by atoms with Gasteiger partial charge in [0.25, 0.3) is 0 Å². The lowest BCUT2D eigenvalue weighted by Gasteiger charge is -2.35. The summed E-state index contributed by atoms with van der Waals surface area (Å²) < 4.78 is 5.13. The fourth-order valence-corrected chi connectivity index (χ4v) is 3.11. The number of ether oxygens (including phenoxy) is 1. The second kappa shape index (κ2) is 8.56. The van der Waals surface area contributed by atoms with E-state index in [2.05, 4.69) is 0 Å². The molecule has 0 spiro atoms. The Bertz CT molecular complexity index is 526. The molecule has 126 valence electrons. The van der Waals surface area contributed by atoms with Gasteiger partial charge < -0.3 is 14.7 Å². The molecular weight excluding hydrogens is 294 g/mol. The van der Waals surface area contributed by atoms with Gasteiger partial charge in [-0.25, -0.2) is 0 Å². The van der Waals surface area contributed by atoms with Crippen molar-refractivity contribution in [2.75, 3.05) is 13.7 Å². The Kier molecular flexibility index (Phi) is 6.44. The number of benzene rings is 1. The molecule has 1 atom stereocenters.